The molecular formula is C26H23N5O3. The lowest BCUT2D eigenvalue weighted by Crippen LogP contribution is -2.33. The van der Waals surface area contributed by atoms with Crippen molar-refractivity contribution in [2.24, 2.45) is 0 Å². The van der Waals surface area contributed by atoms with E-state index in [9.17, 15) is 14.4 Å². The summed E-state index contributed by atoms with van der Waals surface area (Å²) in [6.07, 6.45) is -0.0288. The van der Waals surface area contributed by atoms with Crippen LogP contribution in [-0.4, -0.2) is 43.9 Å². The zero-order chi connectivity index (χ0) is 24.0. The maximum Gasteiger partial charge on any atom is 0.261 e. The Kier molecular flexibility index (Phi) is 5.20. The third-order valence-electron chi connectivity index (χ3n) is 5.99. The summed E-state index contributed by atoms with van der Waals surface area (Å²) in [6.45, 7) is 5.86. The number of imide groups is 1. The lowest BCUT2D eigenvalue weighted by molar-refractivity contribution is -0.116. The molecule has 0 fully saturated rings. The van der Waals surface area contributed by atoms with Gasteiger partial charge in [0.15, 0.2) is 5.82 Å². The number of para-hydroxylation sites is 1. The second-order valence-corrected chi connectivity index (χ2v) is 8.46. The maximum absolute atomic E-state index is 12.8. The van der Waals surface area contributed by atoms with Gasteiger partial charge in [-0.05, 0) is 50.1 Å². The van der Waals surface area contributed by atoms with Gasteiger partial charge in [-0.1, -0.05) is 30.3 Å². The van der Waals surface area contributed by atoms with Gasteiger partial charge in [0.25, 0.3) is 11.8 Å². The molecule has 1 aliphatic heterocycles. The Bertz CT molecular complexity index is 1450. The van der Waals surface area contributed by atoms with Gasteiger partial charge < -0.3 is 5.32 Å². The summed E-state index contributed by atoms with van der Waals surface area (Å²) in [4.78, 5) is 43.7. The predicted molar refractivity (Wildman–Crippen MR) is 128 cm³/mol. The van der Waals surface area contributed by atoms with Crippen molar-refractivity contribution >= 4 is 34.4 Å². The lowest BCUT2D eigenvalue weighted by Gasteiger charge is -2.14. The van der Waals surface area contributed by atoms with Gasteiger partial charge in [0.2, 0.25) is 5.91 Å². The Labute approximate surface area is 196 Å². The quantitative estimate of drug-likeness (QED) is 0.461. The summed E-state index contributed by atoms with van der Waals surface area (Å²) in [5, 5.41) is 8.45. The number of benzene rings is 2. The zero-order valence-corrected chi connectivity index (χ0v) is 19.1. The molecule has 0 saturated heterocycles. The summed E-state index contributed by atoms with van der Waals surface area (Å²) in [6, 6.07) is 16.4. The van der Waals surface area contributed by atoms with Crippen molar-refractivity contribution in [3.8, 4) is 5.82 Å². The summed E-state index contributed by atoms with van der Waals surface area (Å²) < 4.78 is 1.61. The highest BCUT2D eigenvalue weighted by atomic mass is 16.2. The van der Waals surface area contributed by atoms with E-state index in [2.05, 4.69) is 10.4 Å². The molecule has 0 unspecified atom stereocenters. The second-order valence-electron chi connectivity index (χ2n) is 8.46. The number of fused-ring (bicyclic) bond motifs is 2. The number of hydrogen-bond donors (Lipinski definition) is 1. The minimum Gasteiger partial charge on any atom is -0.310 e. The first-order valence-corrected chi connectivity index (χ1v) is 11.0. The summed E-state index contributed by atoms with van der Waals surface area (Å²) >= 11 is 0. The molecule has 1 aliphatic rings. The zero-order valence-electron chi connectivity index (χ0n) is 19.1. The number of aryl methyl sites for hydroxylation is 3. The van der Waals surface area contributed by atoms with Crippen molar-refractivity contribution in [1.29, 1.82) is 0 Å². The van der Waals surface area contributed by atoms with Crippen LogP contribution in [0.25, 0.3) is 16.7 Å². The van der Waals surface area contributed by atoms with E-state index in [-0.39, 0.29) is 30.7 Å². The van der Waals surface area contributed by atoms with E-state index < -0.39 is 0 Å². The molecule has 5 rings (SSSR count). The summed E-state index contributed by atoms with van der Waals surface area (Å²) in [5.41, 5.74) is 4.45. The molecule has 0 atom stereocenters. The Hall–Kier alpha value is -4.33. The van der Waals surface area contributed by atoms with Gasteiger partial charge in [0.1, 0.15) is 5.82 Å². The van der Waals surface area contributed by atoms with Crippen molar-refractivity contribution in [3.05, 3.63) is 82.5 Å². The molecule has 0 bridgehead atoms. The molecule has 4 aromatic rings. The molecule has 0 spiro atoms. The Morgan fingerprint density at radius 1 is 0.912 bits per heavy atom. The molecule has 0 radical (unpaired) electrons. The maximum atomic E-state index is 12.8. The minimum atomic E-state index is -0.375. The van der Waals surface area contributed by atoms with Gasteiger partial charge in [-0.25, -0.2) is 4.98 Å². The first-order valence-electron chi connectivity index (χ1n) is 11.0. The average molecular weight is 454 g/mol. The number of pyridine rings is 1. The van der Waals surface area contributed by atoms with Crippen LogP contribution in [0.1, 0.15) is 44.0 Å². The Balaban J connectivity index is 1.35. The molecule has 1 N–H and O–H groups in total. The summed E-state index contributed by atoms with van der Waals surface area (Å²) in [5.74, 6) is 0.000121. The van der Waals surface area contributed by atoms with Gasteiger partial charge in [-0.3, -0.25) is 19.3 Å². The van der Waals surface area contributed by atoms with Crippen molar-refractivity contribution in [2.75, 3.05) is 11.9 Å². The lowest BCUT2D eigenvalue weighted by atomic mass is 10.1. The fourth-order valence-corrected chi connectivity index (χ4v) is 4.28. The van der Waals surface area contributed by atoms with Crippen molar-refractivity contribution in [3.63, 3.8) is 0 Å². The van der Waals surface area contributed by atoms with Crippen LogP contribution in [0.5, 0.6) is 0 Å². The molecule has 8 nitrogen and oxygen atoms in total. The number of hydrogen-bond acceptors (Lipinski definition) is 5. The number of amides is 3. The highest BCUT2D eigenvalue weighted by Crippen LogP contribution is 2.25. The molecule has 2 aromatic heterocycles. The van der Waals surface area contributed by atoms with Crippen LogP contribution in [0, 0.1) is 20.8 Å². The van der Waals surface area contributed by atoms with E-state index >= 15 is 0 Å². The smallest absolute Gasteiger partial charge is 0.261 e. The standard InChI is InChI=1S/C26H23N5O3/c1-15-7-6-10-18-16(2)13-21(28-24(15)18)31-22(14-17(3)29-31)27-23(32)11-12-30-25(33)19-8-4-5-9-20(19)26(30)34/h4-10,13-14H,11-12H2,1-3H3,(H,27,32). The molecular weight excluding hydrogens is 430 g/mol. The minimum absolute atomic E-state index is 0.00216. The first kappa shape index (κ1) is 21.5. The summed E-state index contributed by atoms with van der Waals surface area (Å²) in [7, 11) is 0. The van der Waals surface area contributed by atoms with Crippen LogP contribution in [0.15, 0.2) is 54.6 Å². The molecule has 0 aliphatic carbocycles. The molecule has 8 heteroatoms. The monoisotopic (exact) mass is 453 g/mol. The highest BCUT2D eigenvalue weighted by Gasteiger charge is 2.35. The fourth-order valence-electron chi connectivity index (χ4n) is 4.28. The molecule has 0 saturated carbocycles. The number of nitrogens with one attached hydrogen (secondary N) is 1. The van der Waals surface area contributed by atoms with Crippen LogP contribution >= 0.6 is 0 Å². The Morgan fingerprint density at radius 3 is 2.32 bits per heavy atom. The van der Waals surface area contributed by atoms with Crippen LogP contribution in [0.4, 0.5) is 5.82 Å². The number of carbonyl (C=O) groups excluding carboxylic acids is 3. The van der Waals surface area contributed by atoms with Crippen molar-refractivity contribution in [2.45, 2.75) is 27.2 Å². The average Bonchev–Trinajstić information content (AvgIpc) is 3.30. The molecule has 3 amide bonds. The SMILES string of the molecule is Cc1cc(NC(=O)CCN2C(=O)c3ccccc3C2=O)n(-c2cc(C)c3cccc(C)c3n2)n1. The van der Waals surface area contributed by atoms with Gasteiger partial charge >= 0.3 is 0 Å². The topological polar surface area (TPSA) is 97.2 Å². The van der Waals surface area contributed by atoms with E-state index in [1.807, 2.05) is 45.0 Å². The van der Waals surface area contributed by atoms with Gasteiger partial charge in [-0.2, -0.15) is 9.78 Å². The molecule has 3 heterocycles. The third kappa shape index (κ3) is 3.63. The third-order valence-corrected chi connectivity index (χ3v) is 5.99. The molecule has 2 aromatic carbocycles. The van der Waals surface area contributed by atoms with Gasteiger partial charge in [0, 0.05) is 24.4 Å². The van der Waals surface area contributed by atoms with Gasteiger partial charge in [-0.15, -0.1) is 0 Å². The van der Waals surface area contributed by atoms with Crippen LogP contribution in [-0.2, 0) is 4.79 Å². The predicted octanol–water partition coefficient (Wildman–Crippen LogP) is 3.97. The van der Waals surface area contributed by atoms with Gasteiger partial charge in [0.05, 0.1) is 22.3 Å². The highest BCUT2D eigenvalue weighted by molar-refractivity contribution is 6.21. The van der Waals surface area contributed by atoms with Crippen LogP contribution in [0.3, 0.4) is 0 Å². The number of carbonyl (C=O) groups is 3. The molecule has 170 valence electrons. The van der Waals surface area contributed by atoms with Crippen molar-refractivity contribution in [1.82, 2.24) is 19.7 Å². The number of anilines is 1. The first-order chi connectivity index (χ1) is 16.3. The number of aromatic nitrogens is 3. The second kappa shape index (κ2) is 8.22. The van der Waals surface area contributed by atoms with Crippen LogP contribution < -0.4 is 5.32 Å². The van der Waals surface area contributed by atoms with E-state index in [0.29, 0.717) is 22.8 Å². The number of nitrogens with zero attached hydrogens (tertiary/aromatic N) is 4. The number of rotatable bonds is 5. The van der Waals surface area contributed by atoms with Crippen molar-refractivity contribution < 1.29 is 14.4 Å². The molecule has 34 heavy (non-hydrogen) atoms. The van der Waals surface area contributed by atoms with Crippen LogP contribution in [0.2, 0.25) is 0 Å². The van der Waals surface area contributed by atoms with E-state index in [1.165, 1.54) is 0 Å². The van der Waals surface area contributed by atoms with E-state index in [0.717, 1.165) is 32.6 Å². The van der Waals surface area contributed by atoms with E-state index in [4.69, 9.17) is 4.98 Å². The fraction of sp³-hybridized carbons (Fsp3) is 0.192. The largest absolute Gasteiger partial charge is 0.310 e. The Morgan fingerprint density at radius 2 is 1.62 bits per heavy atom. The normalized spacial score (nSPS) is 13.0. The van der Waals surface area contributed by atoms with E-state index in [1.54, 1.807) is 35.0 Å².